The van der Waals surface area contributed by atoms with Crippen LogP contribution in [0.1, 0.15) is 36.0 Å². The van der Waals surface area contributed by atoms with Gasteiger partial charge in [0, 0.05) is 25.5 Å². The molecule has 1 aromatic carbocycles. The van der Waals surface area contributed by atoms with Crippen molar-refractivity contribution in [2.45, 2.75) is 25.7 Å². The zero-order valence-electron chi connectivity index (χ0n) is 16.4. The summed E-state index contributed by atoms with van der Waals surface area (Å²) >= 11 is 0. The molecule has 0 atom stereocenters. The van der Waals surface area contributed by atoms with Crippen LogP contribution in [0.25, 0.3) is 11.5 Å². The third-order valence-electron chi connectivity index (χ3n) is 5.30. The molecule has 4 rings (SSSR count). The summed E-state index contributed by atoms with van der Waals surface area (Å²) in [5.41, 5.74) is 1.03. The van der Waals surface area contributed by atoms with Crippen molar-refractivity contribution in [3.63, 3.8) is 0 Å². The zero-order valence-corrected chi connectivity index (χ0v) is 16.4. The molecule has 0 aliphatic carbocycles. The minimum atomic E-state index is -0.347. The number of likely N-dealkylation sites (tertiary alicyclic amines) is 1. The Hall–Kier alpha value is -2.93. The van der Waals surface area contributed by atoms with Gasteiger partial charge in [0.2, 0.25) is 0 Å². The Morgan fingerprint density at radius 3 is 2.55 bits per heavy atom. The smallest absolute Gasteiger partial charge is 0.256 e. The van der Waals surface area contributed by atoms with Crippen molar-refractivity contribution in [2.75, 3.05) is 26.2 Å². The molecule has 1 saturated heterocycles. The average molecular weight is 395 g/mol. The minimum absolute atomic E-state index is 0.175. The fourth-order valence-corrected chi connectivity index (χ4v) is 3.81. The summed E-state index contributed by atoms with van der Waals surface area (Å²) in [6, 6.07) is 9.95. The van der Waals surface area contributed by atoms with Crippen LogP contribution in [-0.2, 0) is 0 Å². The lowest BCUT2D eigenvalue weighted by Gasteiger charge is -2.19. The van der Waals surface area contributed by atoms with E-state index in [1.54, 1.807) is 23.0 Å². The number of amides is 1. The Balaban J connectivity index is 1.53. The van der Waals surface area contributed by atoms with Crippen LogP contribution < -0.4 is 5.32 Å². The first kappa shape index (κ1) is 19.4. The topological polar surface area (TPSA) is 55.1 Å². The summed E-state index contributed by atoms with van der Waals surface area (Å²) in [6.07, 6.45) is 10.3. The van der Waals surface area contributed by atoms with Gasteiger partial charge in [0.1, 0.15) is 11.4 Å². The summed E-state index contributed by atoms with van der Waals surface area (Å²) in [6.45, 7) is 3.64. The van der Waals surface area contributed by atoms with E-state index in [-0.39, 0.29) is 11.7 Å². The van der Waals surface area contributed by atoms with Crippen LogP contribution >= 0.6 is 0 Å². The van der Waals surface area contributed by atoms with Gasteiger partial charge in [0.15, 0.2) is 5.82 Å². The van der Waals surface area contributed by atoms with Crippen molar-refractivity contribution in [1.82, 2.24) is 24.6 Å². The van der Waals surface area contributed by atoms with Crippen molar-refractivity contribution in [2.24, 2.45) is 0 Å². The van der Waals surface area contributed by atoms with Gasteiger partial charge in [-0.05, 0) is 56.3 Å². The van der Waals surface area contributed by atoms with Gasteiger partial charge < -0.3 is 14.8 Å². The minimum Gasteiger partial charge on any atom is -0.351 e. The van der Waals surface area contributed by atoms with Crippen molar-refractivity contribution in [3.05, 3.63) is 66.4 Å². The van der Waals surface area contributed by atoms with Crippen LogP contribution in [0, 0.1) is 5.82 Å². The molecule has 3 heterocycles. The average Bonchev–Trinajstić information content (AvgIpc) is 3.33. The number of hydrogen-bond donors (Lipinski definition) is 1. The van der Waals surface area contributed by atoms with Crippen LogP contribution in [0.15, 0.2) is 55.0 Å². The van der Waals surface area contributed by atoms with E-state index in [0.717, 1.165) is 19.6 Å². The lowest BCUT2D eigenvalue weighted by atomic mass is 10.2. The highest BCUT2D eigenvalue weighted by molar-refractivity contribution is 5.97. The highest BCUT2D eigenvalue weighted by Gasteiger charge is 2.20. The van der Waals surface area contributed by atoms with Crippen molar-refractivity contribution >= 4 is 5.91 Å². The van der Waals surface area contributed by atoms with Crippen molar-refractivity contribution in [3.8, 4) is 11.5 Å². The summed E-state index contributed by atoms with van der Waals surface area (Å²) in [5.74, 6) is 0.0685. The maximum atomic E-state index is 13.7. The second-order valence-electron chi connectivity index (χ2n) is 7.38. The van der Waals surface area contributed by atoms with Gasteiger partial charge in [-0.15, -0.1) is 0 Å². The van der Waals surface area contributed by atoms with Gasteiger partial charge in [0.25, 0.3) is 5.91 Å². The quantitative estimate of drug-likeness (QED) is 0.696. The molecule has 0 bridgehead atoms. The summed E-state index contributed by atoms with van der Waals surface area (Å²) in [4.78, 5) is 15.3. The fraction of sp³-hybridized carbons (Fsp3) is 0.364. The number of carbonyl (C=O) groups is 1. The molecule has 152 valence electrons. The maximum absolute atomic E-state index is 13.7. The van der Waals surface area contributed by atoms with E-state index in [4.69, 9.17) is 0 Å². The summed E-state index contributed by atoms with van der Waals surface area (Å²) in [5, 5.41) is 7.40. The second kappa shape index (κ2) is 9.05. The molecule has 29 heavy (non-hydrogen) atoms. The van der Waals surface area contributed by atoms with E-state index < -0.39 is 0 Å². The Labute approximate surface area is 169 Å². The molecular formula is C22H26FN5O. The molecule has 3 aromatic rings. The normalized spacial score (nSPS) is 15.2. The van der Waals surface area contributed by atoms with Crippen LogP contribution in [0.4, 0.5) is 4.39 Å². The van der Waals surface area contributed by atoms with E-state index in [2.05, 4.69) is 15.3 Å². The van der Waals surface area contributed by atoms with Gasteiger partial charge in [-0.1, -0.05) is 18.9 Å². The molecule has 7 heteroatoms. The fourth-order valence-electron chi connectivity index (χ4n) is 3.81. The van der Waals surface area contributed by atoms with Gasteiger partial charge in [-0.3, -0.25) is 4.79 Å². The monoisotopic (exact) mass is 395 g/mol. The number of benzene rings is 1. The Kier molecular flexibility index (Phi) is 6.05. The molecule has 1 N–H and O–H groups in total. The molecule has 0 radical (unpaired) electrons. The number of carbonyl (C=O) groups excluding carboxylic acids is 1. The molecule has 0 saturated carbocycles. The van der Waals surface area contributed by atoms with Crippen LogP contribution in [-0.4, -0.2) is 51.3 Å². The Morgan fingerprint density at radius 2 is 1.83 bits per heavy atom. The van der Waals surface area contributed by atoms with E-state index in [9.17, 15) is 9.18 Å². The van der Waals surface area contributed by atoms with Gasteiger partial charge in [0.05, 0.1) is 11.9 Å². The van der Waals surface area contributed by atoms with Crippen molar-refractivity contribution < 1.29 is 9.18 Å². The number of halogens is 1. The molecule has 6 nitrogen and oxygen atoms in total. The number of hydrogen-bond acceptors (Lipinski definition) is 3. The highest BCUT2D eigenvalue weighted by Crippen LogP contribution is 2.20. The maximum Gasteiger partial charge on any atom is 0.256 e. The van der Waals surface area contributed by atoms with Crippen molar-refractivity contribution in [1.29, 1.82) is 0 Å². The third-order valence-corrected chi connectivity index (χ3v) is 5.30. The zero-order chi connectivity index (χ0) is 20.1. The Morgan fingerprint density at radius 1 is 1.07 bits per heavy atom. The number of nitrogens with one attached hydrogen (secondary N) is 1. The number of rotatable bonds is 6. The first-order valence-corrected chi connectivity index (χ1v) is 10.2. The molecular weight excluding hydrogens is 369 g/mol. The lowest BCUT2D eigenvalue weighted by Crippen LogP contribution is -2.35. The molecule has 1 aliphatic rings. The molecule has 1 fully saturated rings. The predicted octanol–water partition coefficient (Wildman–Crippen LogP) is 3.41. The van der Waals surface area contributed by atoms with Gasteiger partial charge >= 0.3 is 0 Å². The SMILES string of the molecule is O=C(NCCN1CCCCCC1)c1cnn(-c2cccc(F)c2)c1-n1cccc1. The molecule has 1 amide bonds. The Bertz CT molecular complexity index is 942. The first-order chi connectivity index (χ1) is 14.2. The van der Waals surface area contributed by atoms with Gasteiger partial charge in [-0.2, -0.15) is 5.10 Å². The summed E-state index contributed by atoms with van der Waals surface area (Å²) in [7, 11) is 0. The van der Waals surface area contributed by atoms with E-state index in [1.807, 2.05) is 29.1 Å². The second-order valence-corrected chi connectivity index (χ2v) is 7.38. The number of nitrogens with zero attached hydrogens (tertiary/aromatic N) is 4. The first-order valence-electron chi connectivity index (χ1n) is 10.2. The number of aromatic nitrogens is 3. The molecule has 2 aromatic heterocycles. The van der Waals surface area contributed by atoms with Crippen LogP contribution in [0.5, 0.6) is 0 Å². The lowest BCUT2D eigenvalue weighted by molar-refractivity contribution is 0.0948. The highest BCUT2D eigenvalue weighted by atomic mass is 19.1. The van der Waals surface area contributed by atoms with Crippen LogP contribution in [0.3, 0.4) is 0 Å². The predicted molar refractivity (Wildman–Crippen MR) is 110 cm³/mol. The van der Waals surface area contributed by atoms with Gasteiger partial charge in [-0.25, -0.2) is 9.07 Å². The molecule has 0 spiro atoms. The van der Waals surface area contributed by atoms with E-state index in [0.29, 0.717) is 23.6 Å². The molecule has 1 aliphatic heterocycles. The molecule has 0 unspecified atom stereocenters. The third kappa shape index (κ3) is 4.56. The standard InChI is InChI=1S/C22H26FN5O/c23-18-8-7-9-19(16-18)28-22(27-13-5-6-14-27)20(17-25-28)21(29)24-10-15-26-11-3-1-2-4-12-26/h5-9,13-14,16-17H,1-4,10-12,15H2,(H,24,29). The van der Waals surface area contributed by atoms with Crippen LogP contribution in [0.2, 0.25) is 0 Å². The van der Waals surface area contributed by atoms with E-state index in [1.165, 1.54) is 37.8 Å². The largest absolute Gasteiger partial charge is 0.351 e. The summed E-state index contributed by atoms with van der Waals surface area (Å²) < 4.78 is 17.1. The van der Waals surface area contributed by atoms with E-state index >= 15 is 0 Å².